The predicted molar refractivity (Wildman–Crippen MR) is 95.4 cm³/mol. The van der Waals surface area contributed by atoms with E-state index in [9.17, 15) is 4.79 Å². The fraction of sp³-hybridized carbons (Fsp3) is 0.300. The lowest BCUT2D eigenvalue weighted by Crippen LogP contribution is -2.39. The second-order valence-corrected chi connectivity index (χ2v) is 6.43. The van der Waals surface area contributed by atoms with Gasteiger partial charge >= 0.3 is 0 Å². The van der Waals surface area contributed by atoms with Crippen LogP contribution in [0.2, 0.25) is 0 Å². The third-order valence-corrected chi connectivity index (χ3v) is 4.62. The Kier molecular flexibility index (Phi) is 4.73. The largest absolute Gasteiger partial charge is 0.443 e. The van der Waals surface area contributed by atoms with Gasteiger partial charge in [-0.2, -0.15) is 0 Å². The van der Waals surface area contributed by atoms with E-state index in [-0.39, 0.29) is 11.9 Å². The number of hydrogen-bond donors (Lipinski definition) is 0. The molecule has 2 aromatic heterocycles. The van der Waals surface area contributed by atoms with Crippen molar-refractivity contribution in [1.82, 2.24) is 19.9 Å². The Bertz CT molecular complexity index is 864. The number of carbonyl (C=O) groups excluding carboxylic acids is 1. The van der Waals surface area contributed by atoms with Gasteiger partial charge in [-0.3, -0.25) is 9.78 Å². The Labute approximate surface area is 151 Å². The highest BCUT2D eigenvalue weighted by molar-refractivity contribution is 5.92. The van der Waals surface area contributed by atoms with Crippen LogP contribution in [0.5, 0.6) is 0 Å². The summed E-state index contributed by atoms with van der Waals surface area (Å²) in [4.78, 5) is 27.3. The van der Waals surface area contributed by atoms with Crippen molar-refractivity contribution in [1.29, 1.82) is 0 Å². The maximum absolute atomic E-state index is 12.8. The fourth-order valence-electron chi connectivity index (χ4n) is 3.34. The van der Waals surface area contributed by atoms with Gasteiger partial charge in [-0.25, -0.2) is 9.97 Å². The van der Waals surface area contributed by atoms with Gasteiger partial charge in [0.1, 0.15) is 17.5 Å². The molecular formula is C20H20N4O2. The molecule has 1 aromatic carbocycles. The predicted octanol–water partition coefficient (Wildman–Crippen LogP) is 3.42. The van der Waals surface area contributed by atoms with Crippen molar-refractivity contribution < 1.29 is 9.21 Å². The lowest BCUT2D eigenvalue weighted by atomic mass is 10.0. The molecule has 1 fully saturated rings. The first-order chi connectivity index (χ1) is 12.8. The molecule has 1 saturated heterocycles. The Balaban J connectivity index is 1.54. The molecule has 0 saturated carbocycles. The molecule has 0 radical (unpaired) electrons. The molecule has 0 spiro atoms. The molecule has 0 bridgehead atoms. The lowest BCUT2D eigenvalue weighted by Gasteiger charge is -2.33. The smallest absolute Gasteiger partial charge is 0.274 e. The highest BCUT2D eigenvalue weighted by Crippen LogP contribution is 2.31. The van der Waals surface area contributed by atoms with Crippen molar-refractivity contribution in [3.8, 4) is 0 Å². The highest BCUT2D eigenvalue weighted by Gasteiger charge is 2.32. The first-order valence-electron chi connectivity index (χ1n) is 8.87. The zero-order chi connectivity index (χ0) is 17.8. The summed E-state index contributed by atoms with van der Waals surface area (Å²) in [5.74, 6) is 1.29. The molecule has 1 atom stereocenters. The van der Waals surface area contributed by atoms with Gasteiger partial charge in [0.05, 0.1) is 12.4 Å². The van der Waals surface area contributed by atoms with E-state index in [1.54, 1.807) is 12.4 Å². The van der Waals surface area contributed by atoms with Gasteiger partial charge in [-0.1, -0.05) is 30.3 Å². The van der Waals surface area contributed by atoms with E-state index in [1.807, 2.05) is 23.1 Å². The first-order valence-corrected chi connectivity index (χ1v) is 8.87. The van der Waals surface area contributed by atoms with Crippen molar-refractivity contribution in [2.45, 2.75) is 31.7 Å². The van der Waals surface area contributed by atoms with Crippen LogP contribution < -0.4 is 0 Å². The third kappa shape index (κ3) is 3.49. The molecule has 3 aromatic rings. The summed E-state index contributed by atoms with van der Waals surface area (Å²) >= 11 is 0. The number of oxazole rings is 1. The number of likely N-dealkylation sites (tertiary alicyclic amines) is 1. The number of hydrogen-bond acceptors (Lipinski definition) is 5. The standard InChI is InChI=1S/C20H20N4O2/c25-20(17-14-21-9-10-22-17)24-11-5-4-8-18(24)19-23-13-16(26-19)12-15-6-2-1-3-7-15/h1-3,6-7,9-10,13-14,18H,4-5,8,11-12H2/t18-/m1/s1. The second-order valence-electron chi connectivity index (χ2n) is 6.43. The minimum absolute atomic E-state index is 0.120. The zero-order valence-corrected chi connectivity index (χ0v) is 14.4. The molecule has 0 unspecified atom stereocenters. The van der Waals surface area contributed by atoms with Crippen LogP contribution in [0.4, 0.5) is 0 Å². The number of amides is 1. The molecule has 1 aliphatic heterocycles. The van der Waals surface area contributed by atoms with Crippen LogP contribution in [-0.4, -0.2) is 32.3 Å². The Morgan fingerprint density at radius 3 is 2.81 bits per heavy atom. The van der Waals surface area contributed by atoms with E-state index in [4.69, 9.17) is 4.42 Å². The van der Waals surface area contributed by atoms with Crippen molar-refractivity contribution >= 4 is 5.91 Å². The Hall–Kier alpha value is -3.02. The summed E-state index contributed by atoms with van der Waals surface area (Å²) in [5, 5.41) is 0. The topological polar surface area (TPSA) is 72.1 Å². The summed E-state index contributed by atoms with van der Waals surface area (Å²) in [6, 6.07) is 9.99. The van der Waals surface area contributed by atoms with E-state index in [0.717, 1.165) is 25.0 Å². The number of aromatic nitrogens is 3. The number of rotatable bonds is 4. The first kappa shape index (κ1) is 16.4. The van der Waals surface area contributed by atoms with Gasteiger partial charge in [0.25, 0.3) is 5.91 Å². The van der Waals surface area contributed by atoms with E-state index in [2.05, 4.69) is 27.1 Å². The van der Waals surface area contributed by atoms with Gasteiger partial charge in [0.15, 0.2) is 0 Å². The van der Waals surface area contributed by atoms with Crippen LogP contribution in [0.25, 0.3) is 0 Å². The van der Waals surface area contributed by atoms with Crippen LogP contribution >= 0.6 is 0 Å². The van der Waals surface area contributed by atoms with Gasteiger partial charge < -0.3 is 9.32 Å². The monoisotopic (exact) mass is 348 g/mol. The van der Waals surface area contributed by atoms with Crippen LogP contribution in [-0.2, 0) is 6.42 Å². The van der Waals surface area contributed by atoms with Crippen LogP contribution in [0, 0.1) is 0 Å². The van der Waals surface area contributed by atoms with E-state index in [0.29, 0.717) is 24.6 Å². The summed E-state index contributed by atoms with van der Waals surface area (Å²) in [7, 11) is 0. The van der Waals surface area contributed by atoms with Crippen molar-refractivity contribution in [2.24, 2.45) is 0 Å². The van der Waals surface area contributed by atoms with E-state index >= 15 is 0 Å². The van der Waals surface area contributed by atoms with Crippen LogP contribution in [0.15, 0.2) is 59.5 Å². The summed E-state index contributed by atoms with van der Waals surface area (Å²) in [5.41, 5.74) is 1.53. The Morgan fingerprint density at radius 2 is 2.00 bits per heavy atom. The number of benzene rings is 1. The molecule has 0 aliphatic carbocycles. The van der Waals surface area contributed by atoms with Crippen molar-refractivity contribution in [3.05, 3.63) is 78.0 Å². The van der Waals surface area contributed by atoms with Crippen molar-refractivity contribution in [2.75, 3.05) is 6.54 Å². The minimum atomic E-state index is -0.150. The average Bonchev–Trinajstić information content (AvgIpc) is 3.17. The molecule has 3 heterocycles. The van der Waals surface area contributed by atoms with Gasteiger partial charge in [0, 0.05) is 25.4 Å². The molecular weight excluding hydrogens is 328 g/mol. The number of piperidine rings is 1. The molecule has 0 N–H and O–H groups in total. The quantitative estimate of drug-likeness (QED) is 0.722. The molecule has 1 aliphatic rings. The molecule has 26 heavy (non-hydrogen) atoms. The van der Waals surface area contributed by atoms with Crippen molar-refractivity contribution in [3.63, 3.8) is 0 Å². The molecule has 6 nitrogen and oxygen atoms in total. The summed E-state index contributed by atoms with van der Waals surface area (Å²) in [6.07, 6.45) is 9.93. The van der Waals surface area contributed by atoms with E-state index < -0.39 is 0 Å². The summed E-state index contributed by atoms with van der Waals surface area (Å²) in [6.45, 7) is 0.677. The van der Waals surface area contributed by atoms with E-state index in [1.165, 1.54) is 18.0 Å². The highest BCUT2D eigenvalue weighted by atomic mass is 16.4. The van der Waals surface area contributed by atoms with Gasteiger partial charge in [-0.15, -0.1) is 0 Å². The molecule has 4 rings (SSSR count). The van der Waals surface area contributed by atoms with Crippen LogP contribution in [0.3, 0.4) is 0 Å². The fourth-order valence-corrected chi connectivity index (χ4v) is 3.34. The third-order valence-electron chi connectivity index (χ3n) is 4.62. The average molecular weight is 348 g/mol. The maximum atomic E-state index is 12.8. The summed E-state index contributed by atoms with van der Waals surface area (Å²) < 4.78 is 6.00. The molecule has 1 amide bonds. The van der Waals surface area contributed by atoms with Gasteiger partial charge in [-0.05, 0) is 24.8 Å². The minimum Gasteiger partial charge on any atom is -0.443 e. The SMILES string of the molecule is O=C(c1cnccn1)N1CCCC[C@@H]1c1ncc(Cc2ccccc2)o1. The number of nitrogens with zero attached hydrogens (tertiary/aromatic N) is 4. The van der Waals surface area contributed by atoms with Gasteiger partial charge in [0.2, 0.25) is 5.89 Å². The Morgan fingerprint density at radius 1 is 1.12 bits per heavy atom. The number of carbonyl (C=O) groups is 1. The normalized spacial score (nSPS) is 17.2. The molecule has 132 valence electrons. The second kappa shape index (κ2) is 7.47. The molecule has 6 heteroatoms. The van der Waals surface area contributed by atoms with Crippen LogP contribution in [0.1, 0.15) is 53.0 Å². The zero-order valence-electron chi connectivity index (χ0n) is 14.4. The maximum Gasteiger partial charge on any atom is 0.274 e. The lowest BCUT2D eigenvalue weighted by molar-refractivity contribution is 0.0563.